The fraction of sp³-hybridized carbons (Fsp3) is 0.464. The molecule has 4 rings (SSSR count). The van der Waals surface area contributed by atoms with Crippen molar-refractivity contribution in [2.45, 2.75) is 64.5 Å². The normalized spacial score (nSPS) is 21.8. The van der Waals surface area contributed by atoms with Crippen LogP contribution >= 0.6 is 0 Å². The van der Waals surface area contributed by atoms with Crippen molar-refractivity contribution in [3.05, 3.63) is 64.2 Å². The molecule has 2 N–H and O–H groups in total. The van der Waals surface area contributed by atoms with E-state index in [2.05, 4.69) is 13.8 Å². The number of cyclic esters (lactones) is 1. The Morgan fingerprint density at radius 3 is 2.23 bits per heavy atom. The van der Waals surface area contributed by atoms with Gasteiger partial charge in [0.2, 0.25) is 0 Å². The highest BCUT2D eigenvalue weighted by molar-refractivity contribution is 5.78. The number of amides is 1. The van der Waals surface area contributed by atoms with Gasteiger partial charge in [0.1, 0.15) is 11.9 Å². The van der Waals surface area contributed by atoms with Gasteiger partial charge in [0.15, 0.2) is 0 Å². The summed E-state index contributed by atoms with van der Waals surface area (Å²) in [5.74, 6) is 0.606. The first-order valence-corrected chi connectivity index (χ1v) is 12.4. The fourth-order valence-corrected chi connectivity index (χ4v) is 5.36. The highest BCUT2D eigenvalue weighted by atomic mass is 19.4. The molecule has 5 nitrogen and oxygen atoms in total. The maximum absolute atomic E-state index is 13.4. The zero-order valence-corrected chi connectivity index (χ0v) is 22.0. The second-order valence-corrected chi connectivity index (χ2v) is 10.9. The van der Waals surface area contributed by atoms with Crippen molar-refractivity contribution in [3.63, 3.8) is 0 Å². The van der Waals surface area contributed by atoms with E-state index in [1.54, 1.807) is 25.1 Å². The monoisotopic (exact) mass is 556 g/mol. The summed E-state index contributed by atoms with van der Waals surface area (Å²) in [4.78, 5) is 14.3. The molecule has 1 aliphatic heterocycles. The maximum atomic E-state index is 13.4. The first kappa shape index (κ1) is 28.6. The number of rotatable bonds is 5. The molecule has 212 valence electrons. The van der Waals surface area contributed by atoms with E-state index in [-0.39, 0.29) is 23.6 Å². The molecule has 1 heterocycles. The number of halogens is 6. The molecule has 2 aromatic rings. The molecule has 11 heteroatoms. The first-order valence-electron chi connectivity index (χ1n) is 12.4. The number of nitrogen functional groups attached to an aromatic ring is 1. The van der Waals surface area contributed by atoms with Crippen LogP contribution in [-0.2, 0) is 17.1 Å². The third kappa shape index (κ3) is 5.96. The molecule has 0 bridgehead atoms. The van der Waals surface area contributed by atoms with Crippen LogP contribution in [0.3, 0.4) is 0 Å². The predicted octanol–water partition coefficient (Wildman–Crippen LogP) is 7.86. The number of carbonyl (C=O) groups is 1. The highest BCUT2D eigenvalue weighted by Gasteiger charge is 2.44. The number of ether oxygens (including phenoxy) is 2. The average Bonchev–Trinajstić information content (AvgIpc) is 3.10. The van der Waals surface area contributed by atoms with Crippen molar-refractivity contribution >= 4 is 17.4 Å². The average molecular weight is 557 g/mol. The standard InChI is InChI=1S/C28H30F6N2O3/c1-15-24(16-9-18(27(29,30)31)11-19(10-16)28(32,33)34)39-25(37)36(15)14-17-13-26(2,3)8-7-21(17)22-12-20(35)5-6-23(22)38-4/h5-6,9-12,15,24H,7-8,13-14,35H2,1-4H3/t15-,24-/m0/s1. The minimum absolute atomic E-state index is 0.0584. The molecule has 2 aromatic carbocycles. The van der Waals surface area contributed by atoms with E-state index in [1.807, 2.05) is 0 Å². The van der Waals surface area contributed by atoms with Crippen molar-refractivity contribution in [2.24, 2.45) is 5.41 Å². The number of carbonyl (C=O) groups excluding carboxylic acids is 1. The van der Waals surface area contributed by atoms with Crippen LogP contribution in [-0.4, -0.2) is 30.7 Å². The van der Waals surface area contributed by atoms with E-state index in [4.69, 9.17) is 15.2 Å². The zero-order chi connectivity index (χ0) is 28.9. The van der Waals surface area contributed by atoms with Gasteiger partial charge in [-0.05, 0) is 84.7 Å². The number of allylic oxidation sites excluding steroid dienone is 1. The van der Waals surface area contributed by atoms with E-state index >= 15 is 0 Å². The Labute approximate surface area is 222 Å². The number of methoxy groups -OCH3 is 1. The molecule has 1 saturated heterocycles. The van der Waals surface area contributed by atoms with E-state index in [9.17, 15) is 31.1 Å². The fourth-order valence-electron chi connectivity index (χ4n) is 5.36. The zero-order valence-electron chi connectivity index (χ0n) is 22.0. The molecule has 1 fully saturated rings. The van der Waals surface area contributed by atoms with Crippen LogP contribution in [0.4, 0.5) is 36.8 Å². The number of hydrogen-bond acceptors (Lipinski definition) is 4. The van der Waals surface area contributed by atoms with Gasteiger partial charge in [-0.25, -0.2) is 4.79 Å². The van der Waals surface area contributed by atoms with Crippen LogP contribution in [0.15, 0.2) is 42.0 Å². The summed E-state index contributed by atoms with van der Waals surface area (Å²) in [5, 5.41) is 0. The van der Waals surface area contributed by atoms with Crippen molar-refractivity contribution in [1.82, 2.24) is 4.90 Å². The van der Waals surface area contributed by atoms with Crippen LogP contribution in [0.25, 0.3) is 5.57 Å². The molecule has 1 aliphatic carbocycles. The number of anilines is 1. The first-order chi connectivity index (χ1) is 18.0. The highest BCUT2D eigenvalue weighted by Crippen LogP contribution is 2.46. The van der Waals surface area contributed by atoms with Crippen molar-refractivity contribution in [2.75, 3.05) is 19.4 Å². The molecule has 0 unspecified atom stereocenters. The van der Waals surface area contributed by atoms with Gasteiger partial charge in [0.05, 0.1) is 24.3 Å². The quantitative estimate of drug-likeness (QED) is 0.301. The summed E-state index contributed by atoms with van der Waals surface area (Å²) in [5.41, 5.74) is 5.83. The Morgan fingerprint density at radius 2 is 1.67 bits per heavy atom. The predicted molar refractivity (Wildman–Crippen MR) is 134 cm³/mol. The molecule has 0 aromatic heterocycles. The Balaban J connectivity index is 1.73. The smallest absolute Gasteiger partial charge is 0.416 e. The molecule has 0 spiro atoms. The van der Waals surface area contributed by atoms with Gasteiger partial charge < -0.3 is 15.2 Å². The largest absolute Gasteiger partial charge is 0.496 e. The summed E-state index contributed by atoms with van der Waals surface area (Å²) in [6, 6.07) is 5.71. The van der Waals surface area contributed by atoms with Gasteiger partial charge in [0, 0.05) is 17.8 Å². The Morgan fingerprint density at radius 1 is 1.05 bits per heavy atom. The summed E-state index contributed by atoms with van der Waals surface area (Å²) in [6.07, 6.45) is -10.0. The SMILES string of the molecule is COc1ccc(N)cc1C1=C(CN2C(=O)O[C@H](c3cc(C(F)(F)F)cc(C(F)(F)F)c3)[C@@H]2C)CC(C)(C)CC1. The minimum atomic E-state index is -5.01. The van der Waals surface area contributed by atoms with Gasteiger partial charge in [-0.3, -0.25) is 4.90 Å². The minimum Gasteiger partial charge on any atom is -0.496 e. The summed E-state index contributed by atoms with van der Waals surface area (Å²) in [7, 11) is 1.54. The number of nitrogens with zero attached hydrogens (tertiary/aromatic N) is 1. The van der Waals surface area contributed by atoms with Crippen molar-refractivity contribution in [1.29, 1.82) is 0 Å². The van der Waals surface area contributed by atoms with Gasteiger partial charge in [-0.2, -0.15) is 26.3 Å². The van der Waals surface area contributed by atoms with Crippen molar-refractivity contribution < 1.29 is 40.6 Å². The van der Waals surface area contributed by atoms with E-state index in [1.165, 1.54) is 12.0 Å². The molecule has 1 amide bonds. The number of benzene rings is 2. The molecular weight excluding hydrogens is 526 g/mol. The molecule has 39 heavy (non-hydrogen) atoms. The number of nitrogens with two attached hydrogens (primary N) is 1. The number of alkyl halides is 6. The lowest BCUT2D eigenvalue weighted by atomic mass is 9.72. The van der Waals surface area contributed by atoms with Crippen LogP contribution in [0.2, 0.25) is 0 Å². The summed E-state index contributed by atoms with van der Waals surface area (Å²) < 4.78 is 91.6. The van der Waals surface area contributed by atoms with Crippen molar-refractivity contribution in [3.8, 4) is 5.75 Å². The Kier molecular flexibility index (Phi) is 7.33. The van der Waals surface area contributed by atoms with Gasteiger partial charge in [-0.15, -0.1) is 0 Å². The molecular formula is C28H30F6N2O3. The third-order valence-corrected chi connectivity index (χ3v) is 7.41. The third-order valence-electron chi connectivity index (χ3n) is 7.41. The molecule has 2 aliphatic rings. The second-order valence-electron chi connectivity index (χ2n) is 10.9. The van der Waals surface area contributed by atoms with E-state index in [0.29, 0.717) is 36.4 Å². The molecule has 0 radical (unpaired) electrons. The van der Waals surface area contributed by atoms with Crippen LogP contribution < -0.4 is 10.5 Å². The molecule has 2 atom stereocenters. The lowest BCUT2D eigenvalue weighted by molar-refractivity contribution is -0.143. The summed E-state index contributed by atoms with van der Waals surface area (Å²) in [6.45, 7) is 5.84. The topological polar surface area (TPSA) is 64.8 Å². The summed E-state index contributed by atoms with van der Waals surface area (Å²) >= 11 is 0. The second kappa shape index (κ2) is 9.98. The van der Waals surface area contributed by atoms with Gasteiger partial charge in [-0.1, -0.05) is 13.8 Å². The lowest BCUT2D eigenvalue weighted by Gasteiger charge is -2.36. The Bertz CT molecular complexity index is 1270. The van der Waals surface area contributed by atoms with Crippen LogP contribution in [0.1, 0.15) is 68.4 Å². The van der Waals surface area contributed by atoms with Crippen LogP contribution in [0, 0.1) is 5.41 Å². The van der Waals surface area contributed by atoms with Gasteiger partial charge in [0.25, 0.3) is 0 Å². The lowest BCUT2D eigenvalue weighted by Crippen LogP contribution is -2.35. The molecule has 0 saturated carbocycles. The van der Waals surface area contributed by atoms with E-state index in [0.717, 1.165) is 23.1 Å². The van der Waals surface area contributed by atoms with E-state index < -0.39 is 41.7 Å². The number of hydrogen-bond donors (Lipinski definition) is 1. The maximum Gasteiger partial charge on any atom is 0.416 e. The van der Waals surface area contributed by atoms with Gasteiger partial charge >= 0.3 is 18.4 Å². The Hall–Kier alpha value is -3.37. The van der Waals surface area contributed by atoms with Crippen LogP contribution in [0.5, 0.6) is 5.75 Å².